The lowest BCUT2D eigenvalue weighted by molar-refractivity contribution is -0.115. The maximum absolute atomic E-state index is 12.1. The molecule has 0 saturated heterocycles. The number of aromatic amines is 1. The first kappa shape index (κ1) is 16.5. The maximum atomic E-state index is 12.1. The molecule has 0 unspecified atom stereocenters. The fourth-order valence-corrected chi connectivity index (χ4v) is 3.45. The van der Waals surface area contributed by atoms with Crippen molar-refractivity contribution in [2.24, 2.45) is 4.99 Å². The number of ketones is 1. The topological polar surface area (TPSA) is 65.4 Å². The molecule has 24 heavy (non-hydrogen) atoms. The van der Waals surface area contributed by atoms with Gasteiger partial charge >= 0.3 is 0 Å². The molecule has 0 spiro atoms. The Bertz CT molecular complexity index is 827. The van der Waals surface area contributed by atoms with E-state index in [0.717, 1.165) is 30.5 Å². The van der Waals surface area contributed by atoms with Crippen LogP contribution < -0.4 is 0 Å². The van der Waals surface area contributed by atoms with Crippen LogP contribution in [0.2, 0.25) is 0 Å². The second-order valence-electron chi connectivity index (χ2n) is 6.30. The van der Waals surface area contributed by atoms with Crippen LogP contribution in [0.4, 0.5) is 0 Å². The van der Waals surface area contributed by atoms with Gasteiger partial charge in [0, 0.05) is 41.7 Å². The highest BCUT2D eigenvalue weighted by molar-refractivity contribution is 6.24. The summed E-state index contributed by atoms with van der Waals surface area (Å²) in [5.41, 5.74) is 4.85. The summed E-state index contributed by atoms with van der Waals surface area (Å²) in [6, 6.07) is 8.28. The largest absolute Gasteiger partial charge is 0.512 e. The van der Waals surface area contributed by atoms with E-state index >= 15 is 0 Å². The number of hydrogen-bond donors (Lipinski definition) is 2. The summed E-state index contributed by atoms with van der Waals surface area (Å²) in [6.07, 6.45) is 3.41. The number of nitrogens with zero attached hydrogens (tertiary/aromatic N) is 1. The molecule has 1 aliphatic rings. The number of aliphatic hydroxyl groups excluding tert-OH is 1. The number of aliphatic imine (C=N–C) groups is 1. The van der Waals surface area contributed by atoms with Crippen molar-refractivity contribution >= 4 is 22.4 Å². The van der Waals surface area contributed by atoms with Crippen LogP contribution in [0.5, 0.6) is 0 Å². The number of aliphatic hydroxyl groups is 1. The Hall–Kier alpha value is -2.36. The molecule has 1 fully saturated rings. The van der Waals surface area contributed by atoms with Crippen LogP contribution in [0.15, 0.2) is 40.6 Å². The lowest BCUT2D eigenvalue weighted by atomic mass is 9.90. The number of carbonyl (C=O) groups is 1. The summed E-state index contributed by atoms with van der Waals surface area (Å²) in [6.45, 7) is 4.57. The average Bonchev–Trinajstić information content (AvgIpc) is 2.90. The van der Waals surface area contributed by atoms with E-state index in [0.29, 0.717) is 25.0 Å². The maximum Gasteiger partial charge on any atom is 0.168 e. The molecule has 0 bridgehead atoms. The molecular weight excluding hydrogens is 300 g/mol. The van der Waals surface area contributed by atoms with E-state index in [-0.39, 0.29) is 11.5 Å². The van der Waals surface area contributed by atoms with Crippen LogP contribution in [-0.4, -0.2) is 28.1 Å². The number of fused-ring (bicyclic) bond motifs is 1. The molecule has 4 heteroatoms. The number of hydrogen-bond acceptors (Lipinski definition) is 3. The molecule has 1 aromatic carbocycles. The van der Waals surface area contributed by atoms with E-state index in [4.69, 9.17) is 0 Å². The Morgan fingerprint density at radius 1 is 1.29 bits per heavy atom. The summed E-state index contributed by atoms with van der Waals surface area (Å²) in [4.78, 5) is 20.2. The minimum absolute atomic E-state index is 0.0302. The van der Waals surface area contributed by atoms with Gasteiger partial charge in [0.15, 0.2) is 5.78 Å². The van der Waals surface area contributed by atoms with Gasteiger partial charge in [-0.25, -0.2) is 0 Å². The minimum Gasteiger partial charge on any atom is -0.512 e. The molecule has 2 N–H and O–H groups in total. The van der Waals surface area contributed by atoms with Gasteiger partial charge in [0.1, 0.15) is 5.76 Å². The number of nitrogens with one attached hydrogen (secondary N) is 1. The number of benzene rings is 1. The van der Waals surface area contributed by atoms with Crippen molar-refractivity contribution in [3.05, 3.63) is 46.9 Å². The number of aryl methyl sites for hydroxylation is 1. The fraction of sp³-hybridized carbons (Fsp3) is 0.400. The molecule has 0 aliphatic heterocycles. The molecule has 0 radical (unpaired) electrons. The highest BCUT2D eigenvalue weighted by Gasteiger charge is 2.24. The summed E-state index contributed by atoms with van der Waals surface area (Å²) >= 11 is 0. The first-order chi connectivity index (χ1) is 11.6. The Kier molecular flexibility index (Phi) is 4.84. The predicted molar refractivity (Wildman–Crippen MR) is 97.8 cm³/mol. The van der Waals surface area contributed by atoms with Gasteiger partial charge in [-0.1, -0.05) is 25.1 Å². The van der Waals surface area contributed by atoms with E-state index in [9.17, 15) is 9.90 Å². The second-order valence-corrected chi connectivity index (χ2v) is 6.30. The summed E-state index contributed by atoms with van der Waals surface area (Å²) in [7, 11) is 0. The van der Waals surface area contributed by atoms with Gasteiger partial charge in [-0.15, -0.1) is 0 Å². The molecule has 0 atom stereocenters. The Labute approximate surface area is 142 Å². The Balaban J connectivity index is 1.82. The molecule has 2 aromatic rings. The van der Waals surface area contributed by atoms with Gasteiger partial charge in [0.2, 0.25) is 0 Å². The number of allylic oxidation sites excluding steroid dienone is 2. The Morgan fingerprint density at radius 3 is 2.88 bits per heavy atom. The second kappa shape index (κ2) is 7.04. The number of H-pyrrole nitrogens is 1. The third-order valence-electron chi connectivity index (χ3n) is 4.70. The van der Waals surface area contributed by atoms with Crippen LogP contribution in [0, 0.1) is 6.92 Å². The first-order valence-electron chi connectivity index (χ1n) is 8.67. The van der Waals surface area contributed by atoms with Crippen LogP contribution in [0.3, 0.4) is 0 Å². The number of aromatic nitrogens is 1. The van der Waals surface area contributed by atoms with E-state index in [1.165, 1.54) is 16.6 Å². The van der Waals surface area contributed by atoms with Gasteiger partial charge < -0.3 is 10.1 Å². The van der Waals surface area contributed by atoms with Crippen molar-refractivity contribution in [2.45, 2.75) is 46.0 Å². The first-order valence-corrected chi connectivity index (χ1v) is 8.67. The highest BCUT2D eigenvalue weighted by atomic mass is 16.3. The number of Topliss-reactive ketones (excluding diaryl/α,β-unsaturated/α-hetero) is 1. The molecule has 126 valence electrons. The molecule has 1 aromatic heterocycles. The monoisotopic (exact) mass is 324 g/mol. The fourth-order valence-electron chi connectivity index (χ4n) is 3.45. The third kappa shape index (κ3) is 3.14. The van der Waals surface area contributed by atoms with Crippen molar-refractivity contribution in [1.82, 2.24) is 4.98 Å². The quantitative estimate of drug-likeness (QED) is 0.645. The Morgan fingerprint density at radius 2 is 2.08 bits per heavy atom. The van der Waals surface area contributed by atoms with Gasteiger partial charge in [-0.2, -0.15) is 0 Å². The SMILES string of the molecule is CC/C(O)=C1\C(=O)CCCC1=NCCc1c(C)[nH]c2ccccc12. The normalized spacial score (nSPS) is 19.2. The van der Waals surface area contributed by atoms with Gasteiger partial charge in [-0.3, -0.25) is 9.79 Å². The van der Waals surface area contributed by atoms with Crippen LogP contribution in [0.1, 0.15) is 43.9 Å². The van der Waals surface area contributed by atoms with Crippen LogP contribution >= 0.6 is 0 Å². The molecule has 1 saturated carbocycles. The molecule has 1 heterocycles. The number of rotatable bonds is 4. The number of carbonyl (C=O) groups excluding carboxylic acids is 1. The molecule has 4 nitrogen and oxygen atoms in total. The third-order valence-corrected chi connectivity index (χ3v) is 4.70. The predicted octanol–water partition coefficient (Wildman–Crippen LogP) is 4.43. The smallest absolute Gasteiger partial charge is 0.168 e. The van der Waals surface area contributed by atoms with E-state index in [1.807, 2.05) is 19.1 Å². The molecule has 1 aliphatic carbocycles. The van der Waals surface area contributed by atoms with E-state index in [2.05, 4.69) is 29.0 Å². The van der Waals surface area contributed by atoms with E-state index < -0.39 is 0 Å². The summed E-state index contributed by atoms with van der Waals surface area (Å²) in [5.74, 6) is 0.212. The van der Waals surface area contributed by atoms with Crippen LogP contribution in [0.25, 0.3) is 10.9 Å². The van der Waals surface area contributed by atoms with Crippen molar-refractivity contribution in [3.63, 3.8) is 0 Å². The van der Waals surface area contributed by atoms with Crippen molar-refractivity contribution in [1.29, 1.82) is 0 Å². The van der Waals surface area contributed by atoms with Crippen molar-refractivity contribution in [3.8, 4) is 0 Å². The zero-order chi connectivity index (χ0) is 17.1. The zero-order valence-electron chi connectivity index (χ0n) is 14.4. The van der Waals surface area contributed by atoms with Gasteiger partial charge in [-0.05, 0) is 37.8 Å². The lowest BCUT2D eigenvalue weighted by Crippen LogP contribution is -2.21. The standard InChI is InChI=1S/C20H24N2O2/c1-3-18(23)20-17(9-6-10-19(20)24)21-12-11-14-13(2)22-16-8-5-4-7-15(14)16/h4-5,7-8,22-23H,3,6,9-12H2,1-2H3/b20-18+,21-17?. The van der Waals surface area contributed by atoms with Crippen molar-refractivity contribution < 1.29 is 9.90 Å². The summed E-state index contributed by atoms with van der Waals surface area (Å²) in [5, 5.41) is 11.3. The molecular formula is C20H24N2O2. The van der Waals surface area contributed by atoms with Crippen molar-refractivity contribution in [2.75, 3.05) is 6.54 Å². The molecule has 3 rings (SSSR count). The summed E-state index contributed by atoms with van der Waals surface area (Å²) < 4.78 is 0. The average molecular weight is 324 g/mol. The minimum atomic E-state index is 0.0302. The lowest BCUT2D eigenvalue weighted by Gasteiger charge is -2.17. The highest BCUT2D eigenvalue weighted by Crippen LogP contribution is 2.24. The zero-order valence-corrected chi connectivity index (χ0v) is 14.4. The van der Waals surface area contributed by atoms with Crippen LogP contribution in [-0.2, 0) is 11.2 Å². The van der Waals surface area contributed by atoms with E-state index in [1.54, 1.807) is 0 Å². The van der Waals surface area contributed by atoms with Gasteiger partial charge in [0.05, 0.1) is 5.57 Å². The number of para-hydroxylation sites is 1. The van der Waals surface area contributed by atoms with Gasteiger partial charge in [0.25, 0.3) is 0 Å². The molecule has 0 amide bonds.